The topological polar surface area (TPSA) is 81.4 Å². The van der Waals surface area contributed by atoms with Gasteiger partial charge in [0.2, 0.25) is 0 Å². The maximum absolute atomic E-state index is 14.0. The number of carbonyl (C=O) groups is 1. The highest BCUT2D eigenvalue weighted by molar-refractivity contribution is 7.87. The molecule has 1 amide bonds. The number of ether oxygens (including phenoxy) is 1. The first-order valence-electron chi connectivity index (χ1n) is 6.21. The zero-order chi connectivity index (χ0) is 18.1. The lowest BCUT2D eigenvalue weighted by Crippen LogP contribution is -2.17. The van der Waals surface area contributed by atoms with Gasteiger partial charge in [-0.05, 0) is 18.2 Å². The molecule has 0 aliphatic rings. The van der Waals surface area contributed by atoms with Gasteiger partial charge in [0, 0.05) is 13.1 Å². The SMILES string of the molecule is CNc1sc(S(=O)c2ccc(OC(F)(F)F)cc2F)cc1C(N)=O. The van der Waals surface area contributed by atoms with Crippen LogP contribution in [0.1, 0.15) is 10.4 Å². The molecule has 1 aromatic carbocycles. The van der Waals surface area contributed by atoms with E-state index in [4.69, 9.17) is 5.73 Å². The van der Waals surface area contributed by atoms with Crippen LogP contribution < -0.4 is 15.8 Å². The number of hydrogen-bond acceptors (Lipinski definition) is 5. The van der Waals surface area contributed by atoms with Crippen molar-refractivity contribution in [2.75, 3.05) is 12.4 Å². The summed E-state index contributed by atoms with van der Waals surface area (Å²) in [5.74, 6) is -2.65. The standard InChI is InChI=1S/C13H10F4N2O3S2/c1-19-12-7(11(18)20)5-10(23-12)24(21)9-3-2-6(4-8(9)14)22-13(15,16)17/h2-5,19H,1H3,(H2,18,20). The summed E-state index contributed by atoms with van der Waals surface area (Å²) in [7, 11) is -0.516. The Morgan fingerprint density at radius 2 is 2.00 bits per heavy atom. The van der Waals surface area contributed by atoms with Gasteiger partial charge in [-0.25, -0.2) is 8.60 Å². The van der Waals surface area contributed by atoms with Crippen molar-refractivity contribution in [3.8, 4) is 5.75 Å². The molecule has 0 saturated carbocycles. The number of hydrogen-bond donors (Lipinski definition) is 2. The van der Waals surface area contributed by atoms with Crippen molar-refractivity contribution >= 4 is 33.0 Å². The molecule has 11 heteroatoms. The van der Waals surface area contributed by atoms with E-state index in [1.54, 1.807) is 0 Å². The molecule has 0 aliphatic carbocycles. The summed E-state index contributed by atoms with van der Waals surface area (Å²) in [6.07, 6.45) is -4.96. The quantitative estimate of drug-likeness (QED) is 0.779. The van der Waals surface area contributed by atoms with Crippen LogP contribution in [0, 0.1) is 5.82 Å². The predicted molar refractivity (Wildman–Crippen MR) is 80.1 cm³/mol. The fourth-order valence-corrected chi connectivity index (χ4v) is 4.21. The van der Waals surface area contributed by atoms with E-state index < -0.39 is 34.6 Å². The van der Waals surface area contributed by atoms with Gasteiger partial charge in [-0.3, -0.25) is 4.79 Å². The van der Waals surface area contributed by atoms with Crippen molar-refractivity contribution in [3.63, 3.8) is 0 Å². The van der Waals surface area contributed by atoms with E-state index in [1.807, 2.05) is 0 Å². The molecule has 0 aliphatic heterocycles. The van der Waals surface area contributed by atoms with Gasteiger partial charge in [0.1, 0.15) is 16.6 Å². The lowest BCUT2D eigenvalue weighted by molar-refractivity contribution is -0.274. The van der Waals surface area contributed by atoms with E-state index in [0.29, 0.717) is 11.1 Å². The summed E-state index contributed by atoms with van der Waals surface area (Å²) in [4.78, 5) is 10.9. The van der Waals surface area contributed by atoms with Crippen LogP contribution in [0.3, 0.4) is 0 Å². The number of halogens is 4. The normalized spacial score (nSPS) is 12.7. The van der Waals surface area contributed by atoms with Crippen molar-refractivity contribution in [2.45, 2.75) is 15.5 Å². The van der Waals surface area contributed by atoms with Gasteiger partial charge in [-0.2, -0.15) is 0 Å². The number of thiophene rings is 1. The first kappa shape index (κ1) is 18.2. The van der Waals surface area contributed by atoms with Crippen molar-refractivity contribution in [3.05, 3.63) is 35.6 Å². The highest BCUT2D eigenvalue weighted by Gasteiger charge is 2.31. The lowest BCUT2D eigenvalue weighted by Gasteiger charge is -2.09. The molecule has 0 saturated heterocycles. The smallest absolute Gasteiger partial charge is 0.406 e. The zero-order valence-corrected chi connectivity index (χ0v) is 13.6. The van der Waals surface area contributed by atoms with E-state index in [0.717, 1.165) is 23.5 Å². The summed E-state index contributed by atoms with van der Waals surface area (Å²) >= 11 is 0.924. The van der Waals surface area contributed by atoms with E-state index in [9.17, 15) is 26.6 Å². The third-order valence-corrected chi connectivity index (χ3v) is 5.59. The molecule has 0 radical (unpaired) electrons. The second kappa shape index (κ2) is 6.77. The second-order valence-corrected chi connectivity index (χ2v) is 7.06. The number of benzene rings is 1. The van der Waals surface area contributed by atoms with Crippen LogP contribution in [0.15, 0.2) is 33.4 Å². The highest BCUT2D eigenvalue weighted by atomic mass is 32.2. The van der Waals surface area contributed by atoms with Crippen LogP contribution in [0.5, 0.6) is 5.75 Å². The van der Waals surface area contributed by atoms with E-state index in [-0.39, 0.29) is 14.7 Å². The molecule has 1 heterocycles. The molecule has 130 valence electrons. The molecule has 2 rings (SSSR count). The molecule has 0 fully saturated rings. The Hall–Kier alpha value is -2.14. The van der Waals surface area contributed by atoms with Crippen molar-refractivity contribution in [1.82, 2.24) is 0 Å². The number of carbonyl (C=O) groups excluding carboxylic acids is 1. The molecular formula is C13H10F4N2O3S2. The van der Waals surface area contributed by atoms with Crippen LogP contribution in [-0.4, -0.2) is 23.5 Å². The van der Waals surface area contributed by atoms with Gasteiger partial charge in [0.25, 0.3) is 5.91 Å². The minimum atomic E-state index is -4.96. The maximum Gasteiger partial charge on any atom is 0.573 e. The number of amides is 1. The molecular weight excluding hydrogens is 372 g/mol. The minimum absolute atomic E-state index is 0.0864. The minimum Gasteiger partial charge on any atom is -0.406 e. The Bertz CT molecular complexity index is 805. The molecule has 5 nitrogen and oxygen atoms in total. The third-order valence-electron chi connectivity index (χ3n) is 2.72. The third kappa shape index (κ3) is 4.03. The Labute approximate surface area is 139 Å². The van der Waals surface area contributed by atoms with Crippen molar-refractivity contribution < 1.29 is 31.3 Å². The largest absolute Gasteiger partial charge is 0.573 e. The summed E-state index contributed by atoms with van der Waals surface area (Å²) in [6, 6.07) is 3.51. The number of nitrogens with one attached hydrogen (secondary N) is 1. The summed E-state index contributed by atoms with van der Waals surface area (Å²) in [6.45, 7) is 0. The van der Waals surface area contributed by atoms with Gasteiger partial charge in [-0.1, -0.05) is 0 Å². The molecule has 24 heavy (non-hydrogen) atoms. The molecule has 1 unspecified atom stereocenters. The number of nitrogens with two attached hydrogens (primary N) is 1. The van der Waals surface area contributed by atoms with Crippen LogP contribution in [-0.2, 0) is 10.8 Å². The Morgan fingerprint density at radius 3 is 2.46 bits per heavy atom. The van der Waals surface area contributed by atoms with Gasteiger partial charge in [0.15, 0.2) is 0 Å². The first-order valence-corrected chi connectivity index (χ1v) is 8.17. The van der Waals surface area contributed by atoms with Gasteiger partial charge >= 0.3 is 6.36 Å². The van der Waals surface area contributed by atoms with Gasteiger partial charge < -0.3 is 15.8 Å². The number of alkyl halides is 3. The van der Waals surface area contributed by atoms with E-state index in [1.165, 1.54) is 13.1 Å². The number of rotatable bonds is 5. The predicted octanol–water partition coefficient (Wildman–Crippen LogP) is 3.09. The fourth-order valence-electron chi connectivity index (χ4n) is 1.77. The molecule has 3 N–H and O–H groups in total. The summed E-state index contributed by atoms with van der Waals surface area (Å²) in [5, 5.41) is 3.05. The van der Waals surface area contributed by atoms with Crippen LogP contribution in [0.4, 0.5) is 22.6 Å². The maximum atomic E-state index is 14.0. The molecule has 1 aromatic heterocycles. The monoisotopic (exact) mass is 382 g/mol. The fraction of sp³-hybridized carbons (Fsp3) is 0.154. The summed E-state index contributed by atoms with van der Waals surface area (Å²) < 4.78 is 66.4. The second-order valence-electron chi connectivity index (χ2n) is 4.33. The van der Waals surface area contributed by atoms with Crippen LogP contribution in [0.2, 0.25) is 0 Å². The van der Waals surface area contributed by atoms with Gasteiger partial charge in [0.05, 0.1) is 25.5 Å². The van der Waals surface area contributed by atoms with E-state index in [2.05, 4.69) is 10.1 Å². The Morgan fingerprint density at radius 1 is 1.33 bits per heavy atom. The van der Waals surface area contributed by atoms with Crippen LogP contribution in [0.25, 0.3) is 0 Å². The average molecular weight is 382 g/mol. The van der Waals surface area contributed by atoms with Crippen molar-refractivity contribution in [1.29, 1.82) is 0 Å². The molecule has 0 spiro atoms. The first-order chi connectivity index (χ1) is 11.1. The molecule has 2 aromatic rings. The highest BCUT2D eigenvalue weighted by Crippen LogP contribution is 2.34. The number of primary amides is 1. The van der Waals surface area contributed by atoms with Crippen LogP contribution >= 0.6 is 11.3 Å². The Kier molecular flexibility index (Phi) is 5.13. The van der Waals surface area contributed by atoms with Crippen molar-refractivity contribution in [2.24, 2.45) is 5.73 Å². The number of anilines is 1. The average Bonchev–Trinajstić information content (AvgIpc) is 2.89. The zero-order valence-electron chi connectivity index (χ0n) is 11.9. The lowest BCUT2D eigenvalue weighted by atomic mass is 10.3. The van der Waals surface area contributed by atoms with Gasteiger partial charge in [-0.15, -0.1) is 24.5 Å². The Balaban J connectivity index is 2.35. The summed E-state index contributed by atoms with van der Waals surface area (Å²) in [5.41, 5.74) is 5.27. The van der Waals surface area contributed by atoms with E-state index >= 15 is 0 Å². The molecule has 0 bridgehead atoms. The molecule has 1 atom stereocenters.